The zero-order valence-corrected chi connectivity index (χ0v) is 16.1. The van der Waals surface area contributed by atoms with Crippen molar-refractivity contribution in [2.45, 2.75) is 19.1 Å². The van der Waals surface area contributed by atoms with E-state index < -0.39 is 24.0 Å². The number of amides is 2. The molecule has 1 saturated heterocycles. The second-order valence-electron chi connectivity index (χ2n) is 6.51. The molecule has 3 rings (SSSR count). The Morgan fingerprint density at radius 1 is 1.25 bits per heavy atom. The second-order valence-corrected chi connectivity index (χ2v) is 6.51. The molecule has 1 N–H and O–H groups in total. The first-order chi connectivity index (χ1) is 13.3. The van der Waals surface area contributed by atoms with E-state index in [1.165, 1.54) is 16.7 Å². The maximum Gasteiger partial charge on any atom is 0.360 e. The lowest BCUT2D eigenvalue weighted by atomic mass is 9.97. The number of nitrogens with zero attached hydrogens (tertiary/aromatic N) is 3. The zero-order chi connectivity index (χ0) is 20.4. The fourth-order valence-corrected chi connectivity index (χ4v) is 3.17. The number of carbonyl (C=O) groups is 3. The van der Waals surface area contributed by atoms with E-state index in [0.29, 0.717) is 5.69 Å². The van der Waals surface area contributed by atoms with E-state index in [-0.39, 0.29) is 23.9 Å². The number of likely N-dealkylation sites (N-methyl/N-ethyl adjacent to an activating group) is 1. The molecule has 0 spiro atoms. The third-order valence-electron chi connectivity index (χ3n) is 4.84. The highest BCUT2D eigenvalue weighted by atomic mass is 16.5. The Bertz CT molecular complexity index is 909. The van der Waals surface area contributed by atoms with E-state index in [1.54, 1.807) is 21.0 Å². The van der Waals surface area contributed by atoms with Crippen LogP contribution in [0.25, 0.3) is 0 Å². The third kappa shape index (κ3) is 3.48. The molecule has 9 heteroatoms. The van der Waals surface area contributed by atoms with E-state index in [9.17, 15) is 14.4 Å². The zero-order valence-electron chi connectivity index (χ0n) is 16.1. The van der Waals surface area contributed by atoms with E-state index in [0.717, 1.165) is 5.56 Å². The number of hydrogen-bond acceptors (Lipinski definition) is 6. The molecule has 2 aromatic rings. The van der Waals surface area contributed by atoms with Gasteiger partial charge >= 0.3 is 5.97 Å². The molecule has 2 heterocycles. The lowest BCUT2D eigenvalue weighted by Crippen LogP contribution is -2.51. The van der Waals surface area contributed by atoms with Crippen LogP contribution in [-0.4, -0.2) is 59.3 Å². The largest absolute Gasteiger partial charge is 0.464 e. The van der Waals surface area contributed by atoms with Gasteiger partial charge in [0.1, 0.15) is 6.61 Å². The van der Waals surface area contributed by atoms with Crippen LogP contribution < -0.4 is 5.32 Å². The van der Waals surface area contributed by atoms with Gasteiger partial charge in [0.25, 0.3) is 5.91 Å². The molecule has 28 heavy (non-hydrogen) atoms. The summed E-state index contributed by atoms with van der Waals surface area (Å²) >= 11 is 0. The van der Waals surface area contributed by atoms with Crippen LogP contribution in [0, 0.1) is 6.92 Å². The lowest BCUT2D eigenvalue weighted by Gasteiger charge is -2.38. The standard InChI is InChI=1S/C19H22N4O5/c1-11-14(15(19(26)27-4)21-23(11)3)20-18(25)17-16(12-8-6-5-7-9-12)22(2)13(24)10-28-17/h5-9,16-17H,10H2,1-4H3,(H,20,25). The minimum atomic E-state index is -0.949. The molecule has 148 valence electrons. The summed E-state index contributed by atoms with van der Waals surface area (Å²) in [4.78, 5) is 38.7. The first-order valence-corrected chi connectivity index (χ1v) is 8.70. The van der Waals surface area contributed by atoms with E-state index in [2.05, 4.69) is 10.4 Å². The van der Waals surface area contributed by atoms with Crippen LogP contribution in [0.1, 0.15) is 27.8 Å². The van der Waals surface area contributed by atoms with Crippen LogP contribution in [-0.2, 0) is 26.1 Å². The van der Waals surface area contributed by atoms with Crippen LogP contribution in [0.15, 0.2) is 30.3 Å². The molecule has 2 unspecified atom stereocenters. The van der Waals surface area contributed by atoms with E-state index >= 15 is 0 Å². The average Bonchev–Trinajstić information content (AvgIpc) is 2.98. The molecule has 0 radical (unpaired) electrons. The topological polar surface area (TPSA) is 103 Å². The van der Waals surface area contributed by atoms with Crippen LogP contribution >= 0.6 is 0 Å². The highest BCUT2D eigenvalue weighted by molar-refractivity contribution is 6.02. The van der Waals surface area contributed by atoms with Crippen molar-refractivity contribution in [3.8, 4) is 0 Å². The number of esters is 1. The maximum absolute atomic E-state index is 13.1. The lowest BCUT2D eigenvalue weighted by molar-refractivity contribution is -0.160. The predicted molar refractivity (Wildman–Crippen MR) is 99.6 cm³/mol. The summed E-state index contributed by atoms with van der Waals surface area (Å²) < 4.78 is 11.8. The van der Waals surface area contributed by atoms with Gasteiger partial charge in [0, 0.05) is 14.1 Å². The molecule has 2 atom stereocenters. The summed E-state index contributed by atoms with van der Waals surface area (Å²) in [5.41, 5.74) is 1.63. The number of carbonyl (C=O) groups excluding carboxylic acids is 3. The molecule has 1 aliphatic rings. The SMILES string of the molecule is COC(=O)c1nn(C)c(C)c1NC(=O)C1OCC(=O)N(C)C1c1ccccc1. The number of methoxy groups -OCH3 is 1. The van der Waals surface area contributed by atoms with Crippen LogP contribution in [0.4, 0.5) is 5.69 Å². The highest BCUT2D eigenvalue weighted by Gasteiger charge is 2.40. The molecule has 1 fully saturated rings. The summed E-state index contributed by atoms with van der Waals surface area (Å²) in [7, 11) is 4.54. The number of nitrogens with one attached hydrogen (secondary N) is 1. The van der Waals surface area contributed by atoms with Gasteiger partial charge in [-0.1, -0.05) is 30.3 Å². The van der Waals surface area contributed by atoms with Crippen molar-refractivity contribution >= 4 is 23.5 Å². The summed E-state index contributed by atoms with van der Waals surface area (Å²) in [6, 6.07) is 8.58. The molecule has 1 aromatic heterocycles. The number of aromatic nitrogens is 2. The van der Waals surface area contributed by atoms with Crippen molar-refractivity contribution in [3.05, 3.63) is 47.3 Å². The van der Waals surface area contributed by atoms with Gasteiger partial charge in [0.15, 0.2) is 11.8 Å². The number of ether oxygens (including phenoxy) is 2. The van der Waals surface area contributed by atoms with Crippen molar-refractivity contribution in [2.24, 2.45) is 7.05 Å². The number of anilines is 1. The summed E-state index contributed by atoms with van der Waals surface area (Å²) in [5.74, 6) is -1.35. The number of aryl methyl sites for hydroxylation is 1. The second kappa shape index (κ2) is 7.81. The molecular weight excluding hydrogens is 364 g/mol. The normalized spacial score (nSPS) is 19.4. The van der Waals surface area contributed by atoms with Crippen molar-refractivity contribution < 1.29 is 23.9 Å². The van der Waals surface area contributed by atoms with E-state index in [4.69, 9.17) is 9.47 Å². The minimum Gasteiger partial charge on any atom is -0.464 e. The molecule has 2 amide bonds. The Labute approximate surface area is 162 Å². The van der Waals surface area contributed by atoms with Gasteiger partial charge in [-0.15, -0.1) is 0 Å². The molecule has 9 nitrogen and oxygen atoms in total. The quantitative estimate of drug-likeness (QED) is 0.788. The Balaban J connectivity index is 1.93. The molecular formula is C19H22N4O5. The van der Waals surface area contributed by atoms with Gasteiger partial charge < -0.3 is 19.7 Å². The fraction of sp³-hybridized carbons (Fsp3) is 0.368. The number of benzene rings is 1. The smallest absolute Gasteiger partial charge is 0.360 e. The molecule has 1 aromatic carbocycles. The third-order valence-corrected chi connectivity index (χ3v) is 4.84. The van der Waals surface area contributed by atoms with Crippen molar-refractivity contribution in [1.29, 1.82) is 0 Å². The van der Waals surface area contributed by atoms with E-state index in [1.807, 2.05) is 30.3 Å². The first-order valence-electron chi connectivity index (χ1n) is 8.70. The summed E-state index contributed by atoms with van der Waals surface area (Å²) in [5, 5.41) is 6.84. The molecule has 0 aliphatic carbocycles. The monoisotopic (exact) mass is 386 g/mol. The average molecular weight is 386 g/mol. The van der Waals surface area contributed by atoms with Crippen molar-refractivity contribution in [2.75, 3.05) is 26.1 Å². The minimum absolute atomic E-state index is 0.00681. The first kappa shape index (κ1) is 19.6. The van der Waals surface area contributed by atoms with Crippen molar-refractivity contribution in [1.82, 2.24) is 14.7 Å². The molecule has 0 bridgehead atoms. The van der Waals surface area contributed by atoms with Gasteiger partial charge in [-0.2, -0.15) is 5.10 Å². The van der Waals surface area contributed by atoms with Crippen LogP contribution in [0.3, 0.4) is 0 Å². The van der Waals surface area contributed by atoms with Gasteiger partial charge in [0.2, 0.25) is 5.91 Å². The number of rotatable bonds is 4. The van der Waals surface area contributed by atoms with Gasteiger partial charge in [-0.3, -0.25) is 14.3 Å². The highest BCUT2D eigenvalue weighted by Crippen LogP contribution is 2.30. The molecule has 0 saturated carbocycles. The Kier molecular flexibility index (Phi) is 5.46. The number of hydrogen-bond donors (Lipinski definition) is 1. The Morgan fingerprint density at radius 2 is 1.93 bits per heavy atom. The fourth-order valence-electron chi connectivity index (χ4n) is 3.17. The Hall–Kier alpha value is -3.20. The van der Waals surface area contributed by atoms with Crippen molar-refractivity contribution in [3.63, 3.8) is 0 Å². The maximum atomic E-state index is 13.1. The van der Waals surface area contributed by atoms with Crippen LogP contribution in [0.5, 0.6) is 0 Å². The molecule has 1 aliphatic heterocycles. The predicted octanol–water partition coefficient (Wildman–Crippen LogP) is 1.05. The number of morpholine rings is 1. The summed E-state index contributed by atoms with van der Waals surface area (Å²) in [6.07, 6.45) is -0.949. The van der Waals surface area contributed by atoms with Gasteiger partial charge in [-0.05, 0) is 12.5 Å². The Morgan fingerprint density at radius 3 is 2.57 bits per heavy atom. The summed E-state index contributed by atoms with van der Waals surface area (Å²) in [6.45, 7) is 1.52. The van der Waals surface area contributed by atoms with Gasteiger partial charge in [0.05, 0.1) is 24.5 Å². The van der Waals surface area contributed by atoms with Crippen LogP contribution in [0.2, 0.25) is 0 Å². The van der Waals surface area contributed by atoms with Gasteiger partial charge in [-0.25, -0.2) is 4.79 Å².